The highest BCUT2D eigenvalue weighted by molar-refractivity contribution is 7.62. The molecule has 0 amide bonds. The maximum atomic E-state index is 9.99. The number of hydrogen-bond acceptors (Lipinski definition) is 4. The van der Waals surface area contributed by atoms with Crippen molar-refractivity contribution in [2.45, 2.75) is 35.7 Å². The molecule has 2 saturated heterocycles. The second kappa shape index (κ2) is 4.76. The maximum absolute atomic E-state index is 9.99. The summed E-state index contributed by atoms with van der Waals surface area (Å²) in [5.74, 6) is 0. The molecule has 0 spiro atoms. The highest BCUT2D eigenvalue weighted by atomic mass is 31.1. The molecule has 2 aliphatic rings. The van der Waals surface area contributed by atoms with E-state index in [1.807, 2.05) is 0 Å². The van der Waals surface area contributed by atoms with E-state index in [-0.39, 0.29) is 11.3 Å². The van der Waals surface area contributed by atoms with Crippen LogP contribution in [0.3, 0.4) is 0 Å². The molecule has 0 unspecified atom stereocenters. The molecular formula is C10H20O4P2. The van der Waals surface area contributed by atoms with Crippen LogP contribution in [-0.4, -0.2) is 81.8 Å². The lowest BCUT2D eigenvalue weighted by Crippen LogP contribution is -2.42. The predicted octanol–water partition coefficient (Wildman–Crippen LogP) is -0.582. The van der Waals surface area contributed by atoms with Gasteiger partial charge < -0.3 is 20.4 Å². The van der Waals surface area contributed by atoms with Crippen molar-refractivity contribution in [1.82, 2.24) is 0 Å². The van der Waals surface area contributed by atoms with Gasteiger partial charge in [0.05, 0.1) is 24.4 Å². The van der Waals surface area contributed by atoms with Gasteiger partial charge in [0.25, 0.3) is 0 Å². The minimum atomic E-state index is -0.717. The summed E-state index contributed by atoms with van der Waals surface area (Å²) in [6.07, 6.45) is -1.41. The summed E-state index contributed by atoms with van der Waals surface area (Å²) in [4.78, 5) is 0. The molecule has 16 heavy (non-hydrogen) atoms. The first kappa shape index (κ1) is 13.1. The molecule has 2 heterocycles. The normalized spacial score (nSPS) is 58.1. The monoisotopic (exact) mass is 266 g/mol. The van der Waals surface area contributed by atoms with Crippen molar-refractivity contribution < 1.29 is 20.4 Å². The molecule has 0 aliphatic carbocycles. The lowest BCUT2D eigenvalue weighted by Gasteiger charge is -2.31. The van der Waals surface area contributed by atoms with Crippen molar-refractivity contribution in [3.05, 3.63) is 0 Å². The van der Waals surface area contributed by atoms with Crippen LogP contribution < -0.4 is 0 Å². The number of aliphatic hydroxyl groups excluding tert-OH is 4. The zero-order valence-corrected chi connectivity index (χ0v) is 11.4. The van der Waals surface area contributed by atoms with E-state index in [0.29, 0.717) is 12.3 Å². The van der Waals surface area contributed by atoms with E-state index in [1.165, 1.54) is 0 Å². The van der Waals surface area contributed by atoms with E-state index < -0.39 is 40.3 Å². The van der Waals surface area contributed by atoms with Gasteiger partial charge in [-0.05, 0) is 25.7 Å². The van der Waals surface area contributed by atoms with Crippen LogP contribution in [0.15, 0.2) is 0 Å². The molecule has 0 saturated carbocycles. The molecule has 0 aromatic rings. The van der Waals surface area contributed by atoms with Gasteiger partial charge in [0.2, 0.25) is 0 Å². The van der Waals surface area contributed by atoms with Crippen LogP contribution in [-0.2, 0) is 0 Å². The van der Waals surface area contributed by atoms with Gasteiger partial charge in [-0.3, -0.25) is 0 Å². The fraction of sp³-hybridized carbons (Fsp3) is 1.00. The van der Waals surface area contributed by atoms with E-state index in [4.69, 9.17) is 0 Å². The fourth-order valence-corrected chi connectivity index (χ4v) is 9.25. The number of aliphatic hydroxyl groups is 4. The number of hydrogen-bond donors (Lipinski definition) is 4. The highest BCUT2D eigenvalue weighted by Crippen LogP contribution is 2.59. The lowest BCUT2D eigenvalue weighted by molar-refractivity contribution is 0.0132. The van der Waals surface area contributed by atoms with Crippen LogP contribution in [0.2, 0.25) is 0 Å². The fourth-order valence-electron chi connectivity index (χ4n) is 2.95. The summed E-state index contributed by atoms with van der Waals surface area (Å²) in [6.45, 7) is 4.14. The summed E-state index contributed by atoms with van der Waals surface area (Å²) >= 11 is 0. The topological polar surface area (TPSA) is 80.9 Å². The maximum Gasteiger partial charge on any atom is 0.0876 e. The van der Waals surface area contributed by atoms with Gasteiger partial charge >= 0.3 is 0 Å². The minimum absolute atomic E-state index is 0.00624. The Kier molecular flexibility index (Phi) is 3.91. The van der Waals surface area contributed by atoms with E-state index >= 15 is 0 Å². The first-order valence-corrected chi connectivity index (χ1v) is 9.65. The average Bonchev–Trinajstić information content (AvgIpc) is 2.57. The molecule has 0 radical (unpaired) electrons. The van der Waals surface area contributed by atoms with E-state index in [1.54, 1.807) is 0 Å². The Morgan fingerprint density at radius 2 is 1.06 bits per heavy atom. The summed E-state index contributed by atoms with van der Waals surface area (Å²) in [5, 5.41) is 39.3. The quantitative estimate of drug-likeness (QED) is 0.479. The standard InChI is InChI=1S/C10H20O4P2/c1-15-3-5(11)7(13)9(15)10-8(14)6(12)4-16(10)2/h5-14H,3-4H2,1-2H3/t5-,6-,7+,8+,9-,10-,15+,16+/m1/s1. The van der Waals surface area contributed by atoms with Gasteiger partial charge in [-0.25, -0.2) is 0 Å². The second-order valence-corrected chi connectivity index (χ2v) is 9.93. The van der Waals surface area contributed by atoms with Gasteiger partial charge in [0.1, 0.15) is 0 Å². The summed E-state index contributed by atoms with van der Waals surface area (Å²) in [7, 11) is -0.891. The van der Waals surface area contributed by atoms with Crippen molar-refractivity contribution in [3.63, 3.8) is 0 Å². The largest absolute Gasteiger partial charge is 0.390 e. The summed E-state index contributed by atoms with van der Waals surface area (Å²) in [6, 6.07) is 0. The number of rotatable bonds is 1. The van der Waals surface area contributed by atoms with E-state index in [0.717, 1.165) is 0 Å². The lowest BCUT2D eigenvalue weighted by atomic mass is 10.0. The molecule has 8 atom stereocenters. The van der Waals surface area contributed by atoms with Crippen LogP contribution in [0.1, 0.15) is 0 Å². The average molecular weight is 266 g/mol. The highest BCUT2D eigenvalue weighted by Gasteiger charge is 2.51. The molecule has 2 aliphatic heterocycles. The molecule has 0 bridgehead atoms. The van der Waals surface area contributed by atoms with Gasteiger partial charge in [-0.15, -0.1) is 15.8 Å². The second-order valence-electron chi connectivity index (χ2n) is 4.98. The molecule has 0 aromatic heterocycles. The molecule has 0 aromatic carbocycles. The Labute approximate surface area is 98.2 Å². The van der Waals surface area contributed by atoms with Crippen molar-refractivity contribution in [3.8, 4) is 0 Å². The van der Waals surface area contributed by atoms with Gasteiger partial charge in [-0.1, -0.05) is 0 Å². The SMILES string of the molecule is C[P@@]1C[C@@H](O)[C@H](O)[C@@H]1[C@H]1[C@@H](O)[C@H](O)C[P@]1C. The van der Waals surface area contributed by atoms with Crippen molar-refractivity contribution in [2.75, 3.05) is 25.7 Å². The Balaban J connectivity index is 2.18. The summed E-state index contributed by atoms with van der Waals surface area (Å²) < 4.78 is 0. The Morgan fingerprint density at radius 1 is 0.750 bits per heavy atom. The Bertz CT molecular complexity index is 239. The molecule has 2 rings (SSSR count). The molecule has 4 nitrogen and oxygen atoms in total. The zero-order valence-electron chi connectivity index (χ0n) is 9.56. The van der Waals surface area contributed by atoms with Crippen molar-refractivity contribution >= 4 is 15.8 Å². The Hall–Kier alpha value is 0.700. The first-order chi connectivity index (χ1) is 7.43. The van der Waals surface area contributed by atoms with Crippen LogP contribution in [0.4, 0.5) is 0 Å². The summed E-state index contributed by atoms with van der Waals surface area (Å²) in [5.41, 5.74) is -0.0125. The third-order valence-corrected chi connectivity index (χ3v) is 9.23. The van der Waals surface area contributed by atoms with E-state index in [9.17, 15) is 20.4 Å². The van der Waals surface area contributed by atoms with Crippen molar-refractivity contribution in [2.24, 2.45) is 0 Å². The van der Waals surface area contributed by atoms with Crippen molar-refractivity contribution in [1.29, 1.82) is 0 Å². The molecule has 2 fully saturated rings. The minimum Gasteiger partial charge on any atom is -0.390 e. The van der Waals surface area contributed by atoms with Gasteiger partial charge in [0.15, 0.2) is 0 Å². The van der Waals surface area contributed by atoms with Crippen LogP contribution in [0.5, 0.6) is 0 Å². The van der Waals surface area contributed by atoms with Gasteiger partial charge in [0, 0.05) is 11.3 Å². The third-order valence-electron chi connectivity index (χ3n) is 3.81. The predicted molar refractivity (Wildman–Crippen MR) is 67.0 cm³/mol. The zero-order chi connectivity index (χ0) is 12.0. The van der Waals surface area contributed by atoms with Crippen LogP contribution in [0.25, 0.3) is 0 Å². The first-order valence-electron chi connectivity index (χ1n) is 5.56. The van der Waals surface area contributed by atoms with Crippen LogP contribution in [0, 0.1) is 0 Å². The van der Waals surface area contributed by atoms with E-state index in [2.05, 4.69) is 13.3 Å². The van der Waals surface area contributed by atoms with Crippen LogP contribution >= 0.6 is 15.8 Å². The molecule has 6 heteroatoms. The molecule has 4 N–H and O–H groups in total. The third kappa shape index (κ3) is 2.05. The smallest absolute Gasteiger partial charge is 0.0876 e. The molecular weight excluding hydrogens is 246 g/mol. The van der Waals surface area contributed by atoms with Gasteiger partial charge in [-0.2, -0.15) is 0 Å². The Morgan fingerprint density at radius 3 is 1.25 bits per heavy atom. The molecule has 94 valence electrons.